The second-order valence-electron chi connectivity index (χ2n) is 10.4. The van der Waals surface area contributed by atoms with Gasteiger partial charge in [-0.1, -0.05) is 39.0 Å². The molecule has 3 fully saturated rings. The van der Waals surface area contributed by atoms with Crippen molar-refractivity contribution in [2.45, 2.75) is 58.1 Å². The Morgan fingerprint density at radius 2 is 1.85 bits per heavy atom. The first-order valence-corrected chi connectivity index (χ1v) is 12.0. The maximum Gasteiger partial charge on any atom is 0.250 e. The standard InChI is InChI=1S/C25H36N4O4/c1-24(2,3)22(31)27-13-11-25(12-14-27)23(32)28(18-29(25)19-8-5-4-6-9-19)17-21(30)26-16-20-10-7-15-33-20/h4-6,8-9,20H,7,10-18H2,1-3H3,(H,26,30). The van der Waals surface area contributed by atoms with Gasteiger partial charge in [-0.15, -0.1) is 0 Å². The zero-order valence-corrected chi connectivity index (χ0v) is 20.0. The van der Waals surface area contributed by atoms with Crippen molar-refractivity contribution in [3.63, 3.8) is 0 Å². The van der Waals surface area contributed by atoms with Crippen LogP contribution < -0.4 is 10.2 Å². The number of nitrogens with zero attached hydrogens (tertiary/aromatic N) is 3. The molecule has 0 aliphatic carbocycles. The number of piperidine rings is 1. The SMILES string of the molecule is CC(C)(C)C(=O)N1CCC2(CC1)C(=O)N(CC(=O)NCC1CCCO1)CN2c1ccccc1. The number of benzene rings is 1. The van der Waals surface area contributed by atoms with Crippen molar-refractivity contribution in [2.24, 2.45) is 5.41 Å². The number of nitrogens with one attached hydrogen (secondary N) is 1. The van der Waals surface area contributed by atoms with E-state index in [9.17, 15) is 14.4 Å². The first-order chi connectivity index (χ1) is 15.7. The van der Waals surface area contributed by atoms with Gasteiger partial charge in [0.15, 0.2) is 0 Å². The molecule has 3 heterocycles. The van der Waals surface area contributed by atoms with Gasteiger partial charge in [-0.25, -0.2) is 0 Å². The maximum absolute atomic E-state index is 13.7. The molecule has 3 aliphatic rings. The summed E-state index contributed by atoms with van der Waals surface area (Å²) in [5.41, 5.74) is -0.217. The molecule has 1 atom stereocenters. The number of para-hydroxylation sites is 1. The van der Waals surface area contributed by atoms with Gasteiger partial charge >= 0.3 is 0 Å². The van der Waals surface area contributed by atoms with Crippen molar-refractivity contribution in [3.8, 4) is 0 Å². The van der Waals surface area contributed by atoms with Crippen LogP contribution in [0.4, 0.5) is 5.69 Å². The number of anilines is 1. The fourth-order valence-electron chi connectivity index (χ4n) is 5.14. The Balaban J connectivity index is 1.48. The largest absolute Gasteiger partial charge is 0.376 e. The van der Waals surface area contributed by atoms with Crippen molar-refractivity contribution in [1.29, 1.82) is 0 Å². The Bertz CT molecular complexity index is 868. The molecule has 3 aliphatic heterocycles. The Hall–Kier alpha value is -2.61. The van der Waals surface area contributed by atoms with Crippen LogP contribution in [-0.4, -0.2) is 78.6 Å². The molecule has 180 valence electrons. The highest BCUT2D eigenvalue weighted by Gasteiger charge is 2.54. The number of hydrogen-bond acceptors (Lipinski definition) is 5. The van der Waals surface area contributed by atoms with Gasteiger partial charge in [-0.3, -0.25) is 14.4 Å². The summed E-state index contributed by atoms with van der Waals surface area (Å²) >= 11 is 0. The fourth-order valence-corrected chi connectivity index (χ4v) is 5.14. The molecule has 0 aromatic heterocycles. The van der Waals surface area contributed by atoms with E-state index >= 15 is 0 Å². The lowest BCUT2D eigenvalue weighted by atomic mass is 9.84. The minimum atomic E-state index is -0.731. The van der Waals surface area contributed by atoms with Crippen LogP contribution in [0.3, 0.4) is 0 Å². The zero-order chi connectivity index (χ0) is 23.6. The van der Waals surface area contributed by atoms with Crippen LogP contribution in [0.15, 0.2) is 30.3 Å². The first kappa shape index (κ1) is 23.5. The van der Waals surface area contributed by atoms with Gasteiger partial charge in [0.1, 0.15) is 12.1 Å². The number of carbonyl (C=O) groups excluding carboxylic acids is 3. The highest BCUT2D eigenvalue weighted by molar-refractivity contribution is 5.96. The van der Waals surface area contributed by atoms with Crippen LogP contribution >= 0.6 is 0 Å². The molecule has 8 heteroatoms. The lowest BCUT2D eigenvalue weighted by molar-refractivity contribution is -0.144. The predicted octanol–water partition coefficient (Wildman–Crippen LogP) is 2.00. The molecule has 1 aromatic carbocycles. The third-order valence-corrected chi connectivity index (χ3v) is 6.99. The maximum atomic E-state index is 13.7. The van der Waals surface area contributed by atoms with E-state index in [-0.39, 0.29) is 30.4 Å². The number of hydrogen-bond donors (Lipinski definition) is 1. The van der Waals surface area contributed by atoms with E-state index < -0.39 is 11.0 Å². The summed E-state index contributed by atoms with van der Waals surface area (Å²) < 4.78 is 5.58. The third-order valence-electron chi connectivity index (χ3n) is 6.99. The molecule has 1 aromatic rings. The fraction of sp³-hybridized carbons (Fsp3) is 0.640. The van der Waals surface area contributed by atoms with Crippen molar-refractivity contribution in [3.05, 3.63) is 30.3 Å². The summed E-state index contributed by atoms with van der Waals surface area (Å²) in [4.78, 5) is 44.8. The highest BCUT2D eigenvalue weighted by atomic mass is 16.5. The van der Waals surface area contributed by atoms with Gasteiger partial charge in [0.05, 0.1) is 12.8 Å². The number of ether oxygens (including phenoxy) is 1. The second-order valence-corrected chi connectivity index (χ2v) is 10.4. The van der Waals surface area contributed by atoms with E-state index in [4.69, 9.17) is 4.74 Å². The van der Waals surface area contributed by atoms with E-state index in [1.54, 1.807) is 4.90 Å². The Morgan fingerprint density at radius 1 is 1.15 bits per heavy atom. The van der Waals surface area contributed by atoms with E-state index in [1.807, 2.05) is 56.0 Å². The molecule has 0 bridgehead atoms. The van der Waals surface area contributed by atoms with E-state index in [0.717, 1.165) is 25.1 Å². The van der Waals surface area contributed by atoms with Crippen molar-refractivity contribution in [2.75, 3.05) is 44.4 Å². The van der Waals surface area contributed by atoms with E-state index in [2.05, 4.69) is 10.2 Å². The van der Waals surface area contributed by atoms with E-state index in [0.29, 0.717) is 39.1 Å². The molecular weight excluding hydrogens is 420 g/mol. The van der Waals surface area contributed by atoms with Gasteiger partial charge in [0, 0.05) is 37.3 Å². The van der Waals surface area contributed by atoms with Crippen molar-refractivity contribution >= 4 is 23.4 Å². The zero-order valence-electron chi connectivity index (χ0n) is 20.0. The topological polar surface area (TPSA) is 82.2 Å². The molecule has 1 spiro atoms. The summed E-state index contributed by atoms with van der Waals surface area (Å²) in [6.07, 6.45) is 3.15. The minimum absolute atomic E-state index is 0.0264. The molecule has 3 saturated heterocycles. The summed E-state index contributed by atoms with van der Waals surface area (Å²) in [6.45, 7) is 8.46. The molecule has 8 nitrogen and oxygen atoms in total. The monoisotopic (exact) mass is 456 g/mol. The summed E-state index contributed by atoms with van der Waals surface area (Å²) in [5.74, 6) is -0.0786. The number of likely N-dealkylation sites (tertiary alicyclic amines) is 1. The number of carbonyl (C=O) groups is 3. The lowest BCUT2D eigenvalue weighted by Crippen LogP contribution is -2.58. The normalized spacial score (nSPS) is 22.8. The highest BCUT2D eigenvalue weighted by Crippen LogP contribution is 2.40. The summed E-state index contributed by atoms with van der Waals surface area (Å²) in [5, 5.41) is 2.93. The Labute approximate surface area is 196 Å². The van der Waals surface area contributed by atoms with Crippen LogP contribution in [-0.2, 0) is 19.1 Å². The molecule has 4 rings (SSSR count). The molecular formula is C25H36N4O4. The second kappa shape index (κ2) is 9.33. The minimum Gasteiger partial charge on any atom is -0.376 e. The first-order valence-electron chi connectivity index (χ1n) is 12.0. The average Bonchev–Trinajstić information content (AvgIpc) is 3.41. The van der Waals surface area contributed by atoms with Gasteiger partial charge in [0.2, 0.25) is 11.8 Å². The van der Waals surface area contributed by atoms with Crippen LogP contribution in [0.1, 0.15) is 46.5 Å². The third kappa shape index (κ3) is 4.86. The van der Waals surface area contributed by atoms with Crippen molar-refractivity contribution in [1.82, 2.24) is 15.1 Å². The molecule has 3 amide bonds. The van der Waals surface area contributed by atoms with Gasteiger partial charge in [-0.2, -0.15) is 0 Å². The van der Waals surface area contributed by atoms with Crippen LogP contribution in [0, 0.1) is 5.41 Å². The smallest absolute Gasteiger partial charge is 0.250 e. The Kier molecular flexibility index (Phi) is 6.66. The quantitative estimate of drug-likeness (QED) is 0.733. The van der Waals surface area contributed by atoms with Gasteiger partial charge in [-0.05, 0) is 37.8 Å². The molecule has 1 unspecified atom stereocenters. The lowest BCUT2D eigenvalue weighted by Gasteiger charge is -2.44. The van der Waals surface area contributed by atoms with Gasteiger partial charge in [0.25, 0.3) is 5.91 Å². The predicted molar refractivity (Wildman–Crippen MR) is 125 cm³/mol. The average molecular weight is 457 g/mol. The van der Waals surface area contributed by atoms with Crippen LogP contribution in [0.2, 0.25) is 0 Å². The van der Waals surface area contributed by atoms with Gasteiger partial charge < -0.3 is 24.8 Å². The van der Waals surface area contributed by atoms with Crippen LogP contribution in [0.5, 0.6) is 0 Å². The summed E-state index contributed by atoms with van der Waals surface area (Å²) in [6, 6.07) is 9.88. The molecule has 0 saturated carbocycles. The number of amides is 3. The summed E-state index contributed by atoms with van der Waals surface area (Å²) in [7, 11) is 0. The number of rotatable bonds is 5. The molecule has 1 N–H and O–H groups in total. The van der Waals surface area contributed by atoms with E-state index in [1.165, 1.54) is 0 Å². The molecule has 33 heavy (non-hydrogen) atoms. The Morgan fingerprint density at radius 3 is 2.45 bits per heavy atom. The van der Waals surface area contributed by atoms with Crippen molar-refractivity contribution < 1.29 is 19.1 Å². The molecule has 0 radical (unpaired) electrons. The van der Waals surface area contributed by atoms with Crippen LogP contribution in [0.25, 0.3) is 0 Å².